The second-order valence-electron chi connectivity index (χ2n) is 3.30. The number of nitrogens with zero attached hydrogens (tertiary/aromatic N) is 3. The first-order valence-electron chi connectivity index (χ1n) is 4.47. The van der Waals surface area contributed by atoms with Gasteiger partial charge in [0.1, 0.15) is 0 Å². The maximum Gasteiger partial charge on any atom is 0.159 e. The van der Waals surface area contributed by atoms with Crippen molar-refractivity contribution in [3.05, 3.63) is 0 Å². The molecule has 0 N–H and O–H groups in total. The van der Waals surface area contributed by atoms with E-state index in [1.165, 1.54) is 24.0 Å². The Morgan fingerprint density at radius 3 is 2.58 bits per heavy atom. The predicted octanol–water partition coefficient (Wildman–Crippen LogP) is 0.337. The van der Waals surface area contributed by atoms with Crippen molar-refractivity contribution in [2.75, 3.05) is 45.5 Å². The topological polar surface area (TPSA) is 18.8 Å². The third-order valence-corrected chi connectivity index (χ3v) is 3.38. The zero-order valence-corrected chi connectivity index (χ0v) is 8.31. The summed E-state index contributed by atoms with van der Waals surface area (Å²) in [5, 5.41) is 1.28. The van der Waals surface area contributed by atoms with Crippen molar-refractivity contribution in [3.8, 4) is 0 Å². The Morgan fingerprint density at radius 2 is 2.00 bits per heavy atom. The summed E-state index contributed by atoms with van der Waals surface area (Å²) >= 11 is 1.91. The molecule has 1 saturated heterocycles. The maximum absolute atomic E-state index is 4.47. The molecule has 0 spiro atoms. The number of rotatable bonds is 0. The number of aliphatic imine (C=N–C) groups is 1. The number of hydrogen-bond acceptors (Lipinski definition) is 4. The molecular weight excluding hydrogens is 170 g/mol. The van der Waals surface area contributed by atoms with Crippen LogP contribution in [0.25, 0.3) is 0 Å². The van der Waals surface area contributed by atoms with E-state index in [-0.39, 0.29) is 0 Å². The Labute approximate surface area is 77.8 Å². The van der Waals surface area contributed by atoms with E-state index in [2.05, 4.69) is 21.8 Å². The molecule has 0 saturated carbocycles. The highest BCUT2D eigenvalue weighted by atomic mass is 32.2. The van der Waals surface area contributed by atoms with E-state index in [0.29, 0.717) is 0 Å². The van der Waals surface area contributed by atoms with Gasteiger partial charge in [-0.15, -0.1) is 0 Å². The quantitative estimate of drug-likeness (QED) is 0.542. The van der Waals surface area contributed by atoms with Gasteiger partial charge >= 0.3 is 0 Å². The van der Waals surface area contributed by atoms with Crippen LogP contribution in [0.1, 0.15) is 0 Å². The largest absolute Gasteiger partial charge is 0.349 e. The average Bonchev–Trinajstić information content (AvgIpc) is 2.58. The average molecular weight is 185 g/mol. The lowest BCUT2D eigenvalue weighted by Gasteiger charge is -2.33. The van der Waals surface area contributed by atoms with Crippen LogP contribution in [0, 0.1) is 0 Å². The minimum Gasteiger partial charge on any atom is -0.349 e. The third kappa shape index (κ3) is 1.75. The third-order valence-electron chi connectivity index (χ3n) is 2.34. The first-order valence-corrected chi connectivity index (χ1v) is 5.45. The van der Waals surface area contributed by atoms with Gasteiger partial charge in [-0.3, -0.25) is 4.99 Å². The summed E-state index contributed by atoms with van der Waals surface area (Å²) in [6, 6.07) is 0. The van der Waals surface area contributed by atoms with Gasteiger partial charge in [0.25, 0.3) is 0 Å². The van der Waals surface area contributed by atoms with Gasteiger partial charge in [0.2, 0.25) is 0 Å². The highest BCUT2D eigenvalue weighted by Gasteiger charge is 2.19. The molecule has 0 radical (unpaired) electrons. The van der Waals surface area contributed by atoms with Gasteiger partial charge in [0, 0.05) is 31.9 Å². The smallest absolute Gasteiger partial charge is 0.159 e. The first-order chi connectivity index (χ1) is 5.86. The molecule has 0 atom stereocenters. The molecular formula is C8H15N3S. The van der Waals surface area contributed by atoms with Gasteiger partial charge in [0.05, 0.1) is 6.54 Å². The summed E-state index contributed by atoms with van der Waals surface area (Å²) in [4.78, 5) is 9.26. The number of hydrogen-bond donors (Lipinski definition) is 0. The van der Waals surface area contributed by atoms with Gasteiger partial charge in [-0.1, -0.05) is 11.8 Å². The van der Waals surface area contributed by atoms with Crippen molar-refractivity contribution in [3.63, 3.8) is 0 Å². The van der Waals surface area contributed by atoms with Crippen LogP contribution in [0.2, 0.25) is 0 Å². The van der Waals surface area contributed by atoms with Crippen LogP contribution in [0.15, 0.2) is 4.99 Å². The second kappa shape index (κ2) is 3.66. The molecule has 2 rings (SSSR count). The fraction of sp³-hybridized carbons (Fsp3) is 0.875. The molecule has 3 nitrogen and oxygen atoms in total. The summed E-state index contributed by atoms with van der Waals surface area (Å²) in [6.07, 6.45) is 0. The first kappa shape index (κ1) is 8.38. The van der Waals surface area contributed by atoms with E-state index in [9.17, 15) is 0 Å². The number of likely N-dealkylation sites (N-methyl/N-ethyl adjacent to an activating group) is 1. The fourth-order valence-corrected chi connectivity index (χ4v) is 2.43. The number of piperazine rings is 1. The summed E-state index contributed by atoms with van der Waals surface area (Å²) in [5.74, 6) is 1.18. The van der Waals surface area contributed by atoms with Gasteiger partial charge < -0.3 is 9.80 Å². The lowest BCUT2D eigenvalue weighted by atomic mass is 10.3. The van der Waals surface area contributed by atoms with E-state index < -0.39 is 0 Å². The number of amidine groups is 1. The van der Waals surface area contributed by atoms with Crippen LogP contribution in [0.3, 0.4) is 0 Å². The van der Waals surface area contributed by atoms with Crippen LogP contribution in [0.4, 0.5) is 0 Å². The van der Waals surface area contributed by atoms with Crippen molar-refractivity contribution in [1.82, 2.24) is 9.80 Å². The zero-order valence-electron chi connectivity index (χ0n) is 7.49. The highest BCUT2D eigenvalue weighted by Crippen LogP contribution is 2.16. The molecule has 0 unspecified atom stereocenters. The Morgan fingerprint density at radius 1 is 1.25 bits per heavy atom. The van der Waals surface area contributed by atoms with Gasteiger partial charge in [0.15, 0.2) is 5.17 Å². The molecule has 0 aromatic carbocycles. The van der Waals surface area contributed by atoms with Crippen LogP contribution >= 0.6 is 11.8 Å². The Hall–Kier alpha value is -0.220. The van der Waals surface area contributed by atoms with Crippen molar-refractivity contribution in [2.24, 2.45) is 4.99 Å². The van der Waals surface area contributed by atoms with E-state index in [1.807, 2.05) is 11.8 Å². The maximum atomic E-state index is 4.47. The molecule has 2 aliphatic rings. The predicted molar refractivity (Wildman–Crippen MR) is 53.8 cm³/mol. The standard InChI is InChI=1S/C8H15N3S/c1-10-3-5-11(6-4-10)8-9-2-7-12-8/h2-7H2,1H3. The minimum absolute atomic E-state index is 1.02. The molecule has 2 heterocycles. The molecule has 0 bridgehead atoms. The molecule has 0 aromatic rings. The van der Waals surface area contributed by atoms with E-state index in [0.717, 1.165) is 19.6 Å². The highest BCUT2D eigenvalue weighted by molar-refractivity contribution is 8.14. The van der Waals surface area contributed by atoms with E-state index in [4.69, 9.17) is 0 Å². The molecule has 1 fully saturated rings. The van der Waals surface area contributed by atoms with Crippen molar-refractivity contribution in [1.29, 1.82) is 0 Å². The summed E-state index contributed by atoms with van der Waals surface area (Å²) in [5.41, 5.74) is 0. The summed E-state index contributed by atoms with van der Waals surface area (Å²) in [7, 11) is 2.18. The molecule has 68 valence electrons. The van der Waals surface area contributed by atoms with Gasteiger partial charge in [-0.2, -0.15) is 0 Å². The molecule has 2 aliphatic heterocycles. The SMILES string of the molecule is CN1CCN(C2=NCCS2)CC1. The lowest BCUT2D eigenvalue weighted by Crippen LogP contribution is -2.46. The normalized spacial score (nSPS) is 26.1. The molecule has 12 heavy (non-hydrogen) atoms. The summed E-state index contributed by atoms with van der Waals surface area (Å²) < 4.78 is 0. The van der Waals surface area contributed by atoms with Gasteiger partial charge in [-0.25, -0.2) is 0 Å². The Bertz CT molecular complexity index is 185. The van der Waals surface area contributed by atoms with Crippen LogP contribution < -0.4 is 0 Å². The minimum atomic E-state index is 1.02. The molecule has 4 heteroatoms. The van der Waals surface area contributed by atoms with Crippen LogP contribution in [-0.4, -0.2) is 60.5 Å². The van der Waals surface area contributed by atoms with E-state index in [1.54, 1.807) is 0 Å². The van der Waals surface area contributed by atoms with Crippen molar-refractivity contribution in [2.45, 2.75) is 0 Å². The number of thioether (sulfide) groups is 1. The zero-order chi connectivity index (χ0) is 8.39. The monoisotopic (exact) mass is 185 g/mol. The molecule has 0 aliphatic carbocycles. The van der Waals surface area contributed by atoms with Crippen LogP contribution in [0.5, 0.6) is 0 Å². The van der Waals surface area contributed by atoms with Crippen LogP contribution in [-0.2, 0) is 0 Å². The molecule has 0 amide bonds. The van der Waals surface area contributed by atoms with Crippen molar-refractivity contribution < 1.29 is 0 Å². The molecule has 0 aromatic heterocycles. The lowest BCUT2D eigenvalue weighted by molar-refractivity contribution is 0.218. The Balaban J connectivity index is 1.88. The van der Waals surface area contributed by atoms with E-state index >= 15 is 0 Å². The summed E-state index contributed by atoms with van der Waals surface area (Å²) in [6.45, 7) is 5.69. The Kier molecular flexibility index (Phi) is 2.56. The fourth-order valence-electron chi connectivity index (χ4n) is 1.51. The second-order valence-corrected chi connectivity index (χ2v) is 4.37. The van der Waals surface area contributed by atoms with Gasteiger partial charge in [-0.05, 0) is 7.05 Å². The van der Waals surface area contributed by atoms with Crippen molar-refractivity contribution >= 4 is 16.9 Å².